The Morgan fingerprint density at radius 1 is 0.971 bits per heavy atom. The van der Waals surface area contributed by atoms with E-state index < -0.39 is 0 Å². The normalized spacial score (nSPS) is 16.6. The highest BCUT2D eigenvalue weighted by Gasteiger charge is 2.35. The van der Waals surface area contributed by atoms with Crippen LogP contribution in [-0.2, 0) is 4.79 Å². The van der Waals surface area contributed by atoms with Crippen molar-refractivity contribution in [1.82, 2.24) is 29.9 Å². The maximum atomic E-state index is 12.3. The number of hydrogen-bond donors (Lipinski definition) is 2. The molecule has 1 amide bonds. The van der Waals surface area contributed by atoms with Crippen LogP contribution in [0.3, 0.4) is 0 Å². The van der Waals surface area contributed by atoms with Crippen molar-refractivity contribution in [3.8, 4) is 33.6 Å². The van der Waals surface area contributed by atoms with Crippen molar-refractivity contribution in [1.29, 1.82) is 0 Å². The van der Waals surface area contributed by atoms with E-state index in [1.54, 1.807) is 6.20 Å². The lowest BCUT2D eigenvalue weighted by molar-refractivity contribution is -0.133. The Kier molecular flexibility index (Phi) is 5.13. The average molecular weight is 454 g/mol. The molecule has 34 heavy (non-hydrogen) atoms. The smallest absolute Gasteiger partial charge is 0.225 e. The molecule has 4 heterocycles. The predicted octanol–water partition coefficient (Wildman–Crippen LogP) is 4.16. The lowest BCUT2D eigenvalue weighted by atomic mass is 10.0. The molecule has 172 valence electrons. The average Bonchev–Trinajstić information content (AvgIpc) is 3.40. The first-order chi connectivity index (χ1) is 16.7. The number of amides is 1. The van der Waals surface area contributed by atoms with Crippen molar-refractivity contribution in [2.24, 2.45) is 5.92 Å². The van der Waals surface area contributed by atoms with E-state index in [9.17, 15) is 4.79 Å². The Balaban J connectivity index is 1.20. The van der Waals surface area contributed by atoms with E-state index in [1.165, 1.54) is 0 Å². The number of nitrogens with one attached hydrogen (secondary N) is 1. The van der Waals surface area contributed by atoms with Gasteiger partial charge < -0.3 is 10.6 Å². The summed E-state index contributed by atoms with van der Waals surface area (Å²) < 4.78 is 2.04. The van der Waals surface area contributed by atoms with E-state index in [4.69, 9.17) is 5.73 Å². The highest BCUT2D eigenvalue weighted by molar-refractivity contribution is 5.81. The SMILES string of the molecule is Nc1ncc(-c2cnn(C3CCN(C(=O)C4CC4)CC3)c2)cc1-c1cc(-c2ccccc2)n[nH]1. The molecule has 8 heteroatoms. The van der Waals surface area contributed by atoms with Gasteiger partial charge in [0.05, 0.1) is 23.6 Å². The lowest BCUT2D eigenvalue weighted by Crippen LogP contribution is -2.39. The van der Waals surface area contributed by atoms with Crippen LogP contribution in [0.25, 0.3) is 33.6 Å². The van der Waals surface area contributed by atoms with Crippen molar-refractivity contribution in [2.75, 3.05) is 18.8 Å². The summed E-state index contributed by atoms with van der Waals surface area (Å²) in [5.74, 6) is 1.08. The predicted molar refractivity (Wildman–Crippen MR) is 130 cm³/mol. The molecule has 4 aromatic rings. The molecular weight excluding hydrogens is 426 g/mol. The van der Waals surface area contributed by atoms with Gasteiger partial charge in [0.15, 0.2) is 0 Å². The Labute approximate surface area is 197 Å². The zero-order chi connectivity index (χ0) is 23.1. The minimum absolute atomic E-state index is 0.290. The maximum absolute atomic E-state index is 12.3. The zero-order valence-electron chi connectivity index (χ0n) is 18.9. The summed E-state index contributed by atoms with van der Waals surface area (Å²) in [6.07, 6.45) is 9.72. The Morgan fingerprint density at radius 3 is 2.53 bits per heavy atom. The quantitative estimate of drug-likeness (QED) is 0.472. The number of nitrogen functional groups attached to an aromatic ring is 1. The molecule has 2 fully saturated rings. The molecule has 6 rings (SSSR count). The number of piperidine rings is 1. The van der Waals surface area contributed by atoms with Gasteiger partial charge in [0, 0.05) is 53.7 Å². The van der Waals surface area contributed by atoms with E-state index in [1.807, 2.05) is 58.2 Å². The van der Waals surface area contributed by atoms with E-state index in [0.29, 0.717) is 23.7 Å². The number of nitrogens with zero attached hydrogens (tertiary/aromatic N) is 5. The van der Waals surface area contributed by atoms with Gasteiger partial charge in [-0.1, -0.05) is 30.3 Å². The Bertz CT molecular complexity index is 1310. The summed E-state index contributed by atoms with van der Waals surface area (Å²) >= 11 is 0. The van der Waals surface area contributed by atoms with Crippen molar-refractivity contribution >= 4 is 11.7 Å². The Hall–Kier alpha value is -3.94. The number of carbonyl (C=O) groups is 1. The van der Waals surface area contributed by atoms with Crippen LogP contribution in [0.15, 0.2) is 61.1 Å². The van der Waals surface area contributed by atoms with Gasteiger partial charge in [-0.2, -0.15) is 10.2 Å². The van der Waals surface area contributed by atoms with Crippen LogP contribution in [0.4, 0.5) is 5.82 Å². The van der Waals surface area contributed by atoms with E-state index in [2.05, 4.69) is 26.5 Å². The van der Waals surface area contributed by atoms with Gasteiger partial charge in [-0.3, -0.25) is 14.6 Å². The fraction of sp³-hybridized carbons (Fsp3) is 0.308. The topological polar surface area (TPSA) is 106 Å². The first-order valence-electron chi connectivity index (χ1n) is 11.9. The number of rotatable bonds is 5. The minimum atomic E-state index is 0.290. The standard InChI is InChI=1S/C26H27N7O/c27-25-22(24-13-23(30-31-24)17-4-2-1-3-5-17)12-19(14-28-25)20-15-29-33(16-20)21-8-10-32(11-9-21)26(34)18-6-7-18/h1-5,12-16,18,21H,6-11H2,(H2,27,28)(H,30,31). The second kappa shape index (κ2) is 8.44. The monoisotopic (exact) mass is 453 g/mol. The molecule has 3 aromatic heterocycles. The molecule has 1 aromatic carbocycles. The van der Waals surface area contributed by atoms with Crippen molar-refractivity contribution in [3.05, 3.63) is 61.1 Å². The first kappa shape index (κ1) is 20.7. The van der Waals surface area contributed by atoms with Crippen LogP contribution in [0.2, 0.25) is 0 Å². The fourth-order valence-corrected chi connectivity index (χ4v) is 4.69. The van der Waals surface area contributed by atoms with Gasteiger partial charge in [0.1, 0.15) is 5.82 Å². The Morgan fingerprint density at radius 2 is 1.76 bits per heavy atom. The molecule has 1 aliphatic heterocycles. The van der Waals surface area contributed by atoms with Crippen LogP contribution in [0.1, 0.15) is 31.7 Å². The van der Waals surface area contributed by atoms with Crippen LogP contribution in [0, 0.1) is 5.92 Å². The number of nitrogens with two attached hydrogens (primary N) is 1. The van der Waals surface area contributed by atoms with Crippen molar-refractivity contribution in [2.45, 2.75) is 31.7 Å². The molecule has 1 saturated carbocycles. The first-order valence-corrected chi connectivity index (χ1v) is 11.9. The molecule has 0 spiro atoms. The highest BCUT2D eigenvalue weighted by Crippen LogP contribution is 2.34. The van der Waals surface area contributed by atoms with Crippen molar-refractivity contribution < 1.29 is 4.79 Å². The number of aromatic amines is 1. The summed E-state index contributed by atoms with van der Waals surface area (Å²) in [6, 6.07) is 14.4. The summed E-state index contributed by atoms with van der Waals surface area (Å²) in [6.45, 7) is 1.62. The molecule has 1 saturated heterocycles. The maximum Gasteiger partial charge on any atom is 0.225 e. The highest BCUT2D eigenvalue weighted by atomic mass is 16.2. The second-order valence-electron chi connectivity index (χ2n) is 9.23. The molecule has 0 bridgehead atoms. The number of benzene rings is 1. The number of carbonyl (C=O) groups excluding carboxylic acids is 1. The van der Waals surface area contributed by atoms with Crippen LogP contribution in [-0.4, -0.2) is 48.9 Å². The van der Waals surface area contributed by atoms with Gasteiger partial charge in [-0.15, -0.1) is 0 Å². The number of hydrogen-bond acceptors (Lipinski definition) is 5. The van der Waals surface area contributed by atoms with Crippen LogP contribution < -0.4 is 5.73 Å². The van der Waals surface area contributed by atoms with Gasteiger partial charge in [-0.25, -0.2) is 4.98 Å². The molecule has 0 radical (unpaired) electrons. The molecule has 8 nitrogen and oxygen atoms in total. The number of anilines is 1. The van der Waals surface area contributed by atoms with E-state index in [-0.39, 0.29) is 0 Å². The molecule has 3 N–H and O–H groups in total. The zero-order valence-corrected chi connectivity index (χ0v) is 18.9. The number of likely N-dealkylation sites (tertiary alicyclic amines) is 1. The summed E-state index contributed by atoms with van der Waals surface area (Å²) in [7, 11) is 0. The van der Waals surface area contributed by atoms with Crippen molar-refractivity contribution in [3.63, 3.8) is 0 Å². The number of aromatic nitrogens is 5. The second-order valence-corrected chi connectivity index (χ2v) is 9.23. The fourth-order valence-electron chi connectivity index (χ4n) is 4.69. The summed E-state index contributed by atoms with van der Waals surface area (Å²) in [5, 5.41) is 12.2. The molecule has 0 atom stereocenters. The summed E-state index contributed by atoms with van der Waals surface area (Å²) in [5.41, 5.74) is 11.7. The van der Waals surface area contributed by atoms with Crippen LogP contribution in [0.5, 0.6) is 0 Å². The van der Waals surface area contributed by atoms with E-state index in [0.717, 1.165) is 72.4 Å². The van der Waals surface area contributed by atoms with Gasteiger partial charge in [0.25, 0.3) is 0 Å². The van der Waals surface area contributed by atoms with Gasteiger partial charge in [0.2, 0.25) is 5.91 Å². The number of H-pyrrole nitrogens is 1. The largest absolute Gasteiger partial charge is 0.383 e. The third kappa shape index (κ3) is 3.96. The molecule has 0 unspecified atom stereocenters. The van der Waals surface area contributed by atoms with Gasteiger partial charge in [-0.05, 0) is 37.8 Å². The van der Waals surface area contributed by atoms with Crippen LogP contribution >= 0.6 is 0 Å². The third-order valence-corrected chi connectivity index (χ3v) is 6.87. The lowest BCUT2D eigenvalue weighted by Gasteiger charge is -2.32. The minimum Gasteiger partial charge on any atom is -0.383 e. The molecular formula is C26H27N7O. The van der Waals surface area contributed by atoms with E-state index >= 15 is 0 Å². The molecule has 1 aliphatic carbocycles. The number of pyridine rings is 1. The van der Waals surface area contributed by atoms with Gasteiger partial charge >= 0.3 is 0 Å². The summed E-state index contributed by atoms with van der Waals surface area (Å²) in [4.78, 5) is 18.8. The molecule has 2 aliphatic rings. The third-order valence-electron chi connectivity index (χ3n) is 6.87.